The van der Waals surface area contributed by atoms with E-state index in [2.05, 4.69) is 10.9 Å². The molecule has 0 radical (unpaired) electrons. The number of carbonyl (C=O) groups is 2. The predicted molar refractivity (Wildman–Crippen MR) is 88.7 cm³/mol. The molecule has 24 heavy (non-hydrogen) atoms. The first-order valence-corrected chi connectivity index (χ1v) is 8.65. The highest BCUT2D eigenvalue weighted by Gasteiger charge is 2.22. The second-order valence-corrected chi connectivity index (χ2v) is 6.79. The standard InChI is InChI=1S/C17H16N2O4S/c20-16(11-4-2-5-12-15(11)23-8-7-22-12)18-19-17(21)14-9-10-3-1-6-13(10)24-14/h2,4-5,9H,1,3,6-8H2,(H,18,20)(H,19,21). The van der Waals surface area contributed by atoms with Crippen LogP contribution in [-0.2, 0) is 12.8 Å². The highest BCUT2D eigenvalue weighted by molar-refractivity contribution is 7.14. The van der Waals surface area contributed by atoms with Gasteiger partial charge in [0.05, 0.1) is 10.4 Å². The third-order valence-corrected chi connectivity index (χ3v) is 5.31. The van der Waals surface area contributed by atoms with Crippen LogP contribution in [0.25, 0.3) is 0 Å². The second-order valence-electron chi connectivity index (χ2n) is 5.65. The van der Waals surface area contributed by atoms with Gasteiger partial charge in [0, 0.05) is 4.88 Å². The monoisotopic (exact) mass is 344 g/mol. The van der Waals surface area contributed by atoms with Crippen molar-refractivity contribution in [3.63, 3.8) is 0 Å². The van der Waals surface area contributed by atoms with E-state index in [9.17, 15) is 9.59 Å². The zero-order valence-corrected chi connectivity index (χ0v) is 13.7. The van der Waals surface area contributed by atoms with Crippen molar-refractivity contribution in [1.82, 2.24) is 10.9 Å². The molecule has 0 unspecified atom stereocenters. The number of benzene rings is 1. The molecule has 2 heterocycles. The number of ether oxygens (including phenoxy) is 2. The zero-order valence-electron chi connectivity index (χ0n) is 12.9. The van der Waals surface area contributed by atoms with Crippen LogP contribution in [0.15, 0.2) is 24.3 Å². The summed E-state index contributed by atoms with van der Waals surface area (Å²) < 4.78 is 11.0. The summed E-state index contributed by atoms with van der Waals surface area (Å²) in [7, 11) is 0. The maximum Gasteiger partial charge on any atom is 0.279 e. The van der Waals surface area contributed by atoms with Crippen LogP contribution in [0.1, 0.15) is 36.9 Å². The predicted octanol–water partition coefficient (Wildman–Crippen LogP) is 2.08. The SMILES string of the molecule is O=C(NNC(=O)c1cccc2c1OCCO2)c1cc2c(s1)CCC2. The van der Waals surface area contributed by atoms with Gasteiger partial charge in [0.2, 0.25) is 0 Å². The van der Waals surface area contributed by atoms with E-state index in [0.29, 0.717) is 35.2 Å². The summed E-state index contributed by atoms with van der Waals surface area (Å²) in [6.45, 7) is 0.849. The van der Waals surface area contributed by atoms with Crippen molar-refractivity contribution in [1.29, 1.82) is 0 Å². The number of carbonyl (C=O) groups excluding carboxylic acids is 2. The van der Waals surface area contributed by atoms with Crippen molar-refractivity contribution >= 4 is 23.2 Å². The fourth-order valence-electron chi connectivity index (χ4n) is 2.94. The summed E-state index contributed by atoms with van der Waals surface area (Å²) in [5, 5.41) is 0. The van der Waals surface area contributed by atoms with E-state index in [1.165, 1.54) is 21.8 Å². The summed E-state index contributed by atoms with van der Waals surface area (Å²) in [4.78, 5) is 26.4. The minimum Gasteiger partial charge on any atom is -0.486 e. The number of hydrogen-bond acceptors (Lipinski definition) is 5. The molecule has 2 amide bonds. The van der Waals surface area contributed by atoms with Crippen LogP contribution < -0.4 is 20.3 Å². The minimum atomic E-state index is -0.435. The van der Waals surface area contributed by atoms with E-state index in [-0.39, 0.29) is 5.91 Å². The first kappa shape index (κ1) is 15.0. The Bertz CT molecular complexity index is 793. The number of thiophene rings is 1. The minimum absolute atomic E-state index is 0.301. The highest BCUT2D eigenvalue weighted by atomic mass is 32.1. The second kappa shape index (κ2) is 6.16. The summed E-state index contributed by atoms with van der Waals surface area (Å²) in [6, 6.07) is 7.01. The highest BCUT2D eigenvalue weighted by Crippen LogP contribution is 2.33. The van der Waals surface area contributed by atoms with Crippen molar-refractivity contribution in [3.05, 3.63) is 45.1 Å². The van der Waals surface area contributed by atoms with Crippen LogP contribution in [-0.4, -0.2) is 25.0 Å². The normalized spacial score (nSPS) is 14.8. The summed E-state index contributed by atoms with van der Waals surface area (Å²) in [5.74, 6) is 0.208. The van der Waals surface area contributed by atoms with E-state index in [1.54, 1.807) is 18.2 Å². The first-order valence-electron chi connectivity index (χ1n) is 7.83. The van der Waals surface area contributed by atoms with E-state index < -0.39 is 5.91 Å². The number of aryl methyl sites for hydroxylation is 2. The van der Waals surface area contributed by atoms with Crippen LogP contribution in [0.4, 0.5) is 0 Å². The van der Waals surface area contributed by atoms with Gasteiger partial charge in [-0.3, -0.25) is 20.4 Å². The molecule has 2 N–H and O–H groups in total. The average Bonchev–Trinajstić information content (AvgIpc) is 3.20. The fraction of sp³-hybridized carbons (Fsp3) is 0.294. The Hall–Kier alpha value is -2.54. The Kier molecular flexibility index (Phi) is 3.86. The molecule has 1 aromatic carbocycles. The lowest BCUT2D eigenvalue weighted by Crippen LogP contribution is -2.41. The number of rotatable bonds is 2. The van der Waals surface area contributed by atoms with Crippen molar-refractivity contribution in [3.8, 4) is 11.5 Å². The molecule has 0 bridgehead atoms. The van der Waals surface area contributed by atoms with Gasteiger partial charge in [-0.05, 0) is 43.0 Å². The average molecular weight is 344 g/mol. The van der Waals surface area contributed by atoms with E-state index >= 15 is 0 Å². The molecule has 0 spiro atoms. The summed E-state index contributed by atoms with van der Waals surface area (Å²) in [5.41, 5.74) is 6.50. The maximum atomic E-state index is 12.3. The molecule has 0 saturated heterocycles. The molecule has 1 aliphatic carbocycles. The molecule has 1 aliphatic heterocycles. The van der Waals surface area contributed by atoms with Crippen molar-refractivity contribution in [2.75, 3.05) is 13.2 Å². The molecular weight excluding hydrogens is 328 g/mol. The van der Waals surface area contributed by atoms with Gasteiger partial charge < -0.3 is 9.47 Å². The molecule has 0 saturated carbocycles. The van der Waals surface area contributed by atoms with E-state index in [0.717, 1.165) is 19.3 Å². The third kappa shape index (κ3) is 2.71. The molecule has 2 aliphatic rings. The quantitative estimate of drug-likeness (QED) is 0.818. The molecule has 7 heteroatoms. The zero-order chi connectivity index (χ0) is 16.5. The fourth-order valence-corrected chi connectivity index (χ4v) is 4.08. The van der Waals surface area contributed by atoms with Crippen LogP contribution in [0, 0.1) is 0 Å². The smallest absolute Gasteiger partial charge is 0.279 e. The number of hydrazine groups is 1. The molecule has 124 valence electrons. The van der Waals surface area contributed by atoms with Gasteiger partial charge in [0.25, 0.3) is 11.8 Å². The molecular formula is C17H16N2O4S. The molecule has 0 fully saturated rings. The molecule has 1 aromatic heterocycles. The van der Waals surface area contributed by atoms with Gasteiger partial charge in [0.15, 0.2) is 11.5 Å². The van der Waals surface area contributed by atoms with Crippen molar-refractivity contribution in [2.24, 2.45) is 0 Å². The Balaban J connectivity index is 1.44. The van der Waals surface area contributed by atoms with Crippen LogP contribution in [0.2, 0.25) is 0 Å². The molecule has 4 rings (SSSR count). The van der Waals surface area contributed by atoms with Crippen molar-refractivity contribution in [2.45, 2.75) is 19.3 Å². The van der Waals surface area contributed by atoms with Gasteiger partial charge in [-0.15, -0.1) is 11.3 Å². The number of hydrogen-bond donors (Lipinski definition) is 2. The Morgan fingerprint density at radius 1 is 1.04 bits per heavy atom. The Morgan fingerprint density at radius 3 is 2.75 bits per heavy atom. The maximum absolute atomic E-state index is 12.3. The number of para-hydroxylation sites is 1. The van der Waals surface area contributed by atoms with Crippen LogP contribution >= 0.6 is 11.3 Å². The number of fused-ring (bicyclic) bond motifs is 2. The molecule has 2 aromatic rings. The third-order valence-electron chi connectivity index (χ3n) is 4.07. The molecule has 6 nitrogen and oxygen atoms in total. The summed E-state index contributed by atoms with van der Waals surface area (Å²) in [6.07, 6.45) is 3.22. The first-order chi connectivity index (χ1) is 11.7. The lowest BCUT2D eigenvalue weighted by Gasteiger charge is -2.20. The Morgan fingerprint density at radius 2 is 1.88 bits per heavy atom. The van der Waals surface area contributed by atoms with Gasteiger partial charge in [-0.2, -0.15) is 0 Å². The van der Waals surface area contributed by atoms with Gasteiger partial charge >= 0.3 is 0 Å². The Labute approximate surface area is 142 Å². The van der Waals surface area contributed by atoms with E-state index in [4.69, 9.17) is 9.47 Å². The van der Waals surface area contributed by atoms with Crippen LogP contribution in [0.3, 0.4) is 0 Å². The number of amides is 2. The lowest BCUT2D eigenvalue weighted by molar-refractivity contribution is 0.0843. The lowest BCUT2D eigenvalue weighted by atomic mass is 10.1. The number of nitrogens with one attached hydrogen (secondary N) is 2. The van der Waals surface area contributed by atoms with Gasteiger partial charge in [0.1, 0.15) is 13.2 Å². The topological polar surface area (TPSA) is 76.7 Å². The van der Waals surface area contributed by atoms with E-state index in [1.807, 2.05) is 6.07 Å². The summed E-state index contributed by atoms with van der Waals surface area (Å²) >= 11 is 1.49. The van der Waals surface area contributed by atoms with Gasteiger partial charge in [-0.25, -0.2) is 0 Å². The van der Waals surface area contributed by atoms with Gasteiger partial charge in [-0.1, -0.05) is 6.07 Å². The largest absolute Gasteiger partial charge is 0.486 e. The van der Waals surface area contributed by atoms with Crippen LogP contribution in [0.5, 0.6) is 11.5 Å². The van der Waals surface area contributed by atoms with Crippen molar-refractivity contribution < 1.29 is 19.1 Å². The molecule has 0 atom stereocenters.